The summed E-state index contributed by atoms with van der Waals surface area (Å²) in [7, 11) is -3.77. The first-order chi connectivity index (χ1) is 17.1. The van der Waals surface area contributed by atoms with Crippen LogP contribution in [0.4, 0.5) is 11.4 Å². The molecule has 0 saturated carbocycles. The SMILES string of the molecule is CC[C@@H](C(=O)Nc1ccccc1C(=O)NCCc1ccccc1)N(c1ccc(C)c(C)c1)S(C)(=O)=O. The summed E-state index contributed by atoms with van der Waals surface area (Å²) in [5.41, 5.74) is 4.12. The lowest BCUT2D eigenvalue weighted by Gasteiger charge is -2.30. The van der Waals surface area contributed by atoms with E-state index in [-0.39, 0.29) is 12.3 Å². The molecule has 0 unspecified atom stereocenters. The second-order valence-corrected chi connectivity index (χ2v) is 10.6. The zero-order chi connectivity index (χ0) is 26.3. The van der Waals surface area contributed by atoms with Gasteiger partial charge in [-0.2, -0.15) is 0 Å². The van der Waals surface area contributed by atoms with Crippen LogP contribution in [0, 0.1) is 13.8 Å². The average Bonchev–Trinajstić information content (AvgIpc) is 2.84. The van der Waals surface area contributed by atoms with Crippen LogP contribution in [-0.4, -0.2) is 39.1 Å². The fraction of sp³-hybridized carbons (Fsp3) is 0.286. The fourth-order valence-electron chi connectivity index (χ4n) is 3.99. The van der Waals surface area contributed by atoms with Gasteiger partial charge >= 0.3 is 0 Å². The molecule has 0 aromatic heterocycles. The minimum atomic E-state index is -3.77. The average molecular weight is 508 g/mol. The van der Waals surface area contributed by atoms with Gasteiger partial charge < -0.3 is 10.6 Å². The number of nitrogens with one attached hydrogen (secondary N) is 2. The van der Waals surface area contributed by atoms with E-state index in [2.05, 4.69) is 10.6 Å². The monoisotopic (exact) mass is 507 g/mol. The van der Waals surface area contributed by atoms with Gasteiger partial charge in [0.1, 0.15) is 6.04 Å². The largest absolute Gasteiger partial charge is 0.352 e. The molecule has 1 atom stereocenters. The van der Waals surface area contributed by atoms with Crippen LogP contribution in [0.25, 0.3) is 0 Å². The van der Waals surface area contributed by atoms with Gasteiger partial charge in [0.15, 0.2) is 0 Å². The van der Waals surface area contributed by atoms with Crippen LogP contribution < -0.4 is 14.9 Å². The summed E-state index contributed by atoms with van der Waals surface area (Å²) >= 11 is 0. The molecule has 8 heteroatoms. The summed E-state index contributed by atoms with van der Waals surface area (Å²) in [6.07, 6.45) is 2.02. The third kappa shape index (κ3) is 6.73. The van der Waals surface area contributed by atoms with Crippen LogP contribution in [0.1, 0.15) is 40.4 Å². The minimum Gasteiger partial charge on any atom is -0.352 e. The van der Waals surface area contributed by atoms with E-state index < -0.39 is 22.0 Å². The Morgan fingerprint density at radius 1 is 0.917 bits per heavy atom. The number of nitrogens with zero attached hydrogens (tertiary/aromatic N) is 1. The molecule has 3 rings (SSSR count). The van der Waals surface area contributed by atoms with Crippen molar-refractivity contribution in [1.82, 2.24) is 5.32 Å². The number of aryl methyl sites for hydroxylation is 2. The van der Waals surface area contributed by atoms with Crippen LogP contribution >= 0.6 is 0 Å². The zero-order valence-corrected chi connectivity index (χ0v) is 21.9. The standard InChI is InChI=1S/C28H33N3O4S/c1-5-26(31(36(4,34)35)23-16-15-20(2)21(3)19-23)28(33)30-25-14-10-9-13-24(25)27(32)29-18-17-22-11-7-6-8-12-22/h6-16,19,26H,5,17-18H2,1-4H3,(H,29,32)(H,30,33)/t26-/m0/s1. The van der Waals surface area contributed by atoms with Crippen molar-refractivity contribution >= 4 is 33.2 Å². The number of para-hydroxylation sites is 1. The maximum absolute atomic E-state index is 13.4. The lowest BCUT2D eigenvalue weighted by molar-refractivity contribution is -0.117. The Morgan fingerprint density at radius 3 is 2.22 bits per heavy atom. The number of rotatable bonds is 10. The van der Waals surface area contributed by atoms with E-state index in [9.17, 15) is 18.0 Å². The molecule has 0 aliphatic carbocycles. The van der Waals surface area contributed by atoms with Crippen LogP contribution in [-0.2, 0) is 21.2 Å². The van der Waals surface area contributed by atoms with Crippen LogP contribution in [0.2, 0.25) is 0 Å². The summed E-state index contributed by atoms with van der Waals surface area (Å²) < 4.78 is 26.7. The van der Waals surface area contributed by atoms with Gasteiger partial charge in [-0.15, -0.1) is 0 Å². The molecule has 0 radical (unpaired) electrons. The van der Waals surface area contributed by atoms with E-state index in [4.69, 9.17) is 0 Å². The first kappa shape index (κ1) is 26.9. The molecule has 190 valence electrons. The normalized spacial score (nSPS) is 12.0. The first-order valence-corrected chi connectivity index (χ1v) is 13.7. The van der Waals surface area contributed by atoms with Crippen molar-refractivity contribution in [2.45, 2.75) is 39.7 Å². The summed E-state index contributed by atoms with van der Waals surface area (Å²) in [4.78, 5) is 26.3. The van der Waals surface area contributed by atoms with Crippen molar-refractivity contribution < 1.29 is 18.0 Å². The molecule has 0 fully saturated rings. The van der Waals surface area contributed by atoms with Crippen molar-refractivity contribution in [3.05, 3.63) is 95.1 Å². The highest BCUT2D eigenvalue weighted by molar-refractivity contribution is 7.92. The summed E-state index contributed by atoms with van der Waals surface area (Å²) in [6, 6.07) is 20.8. The number of amides is 2. The number of carbonyl (C=O) groups is 2. The summed E-state index contributed by atoms with van der Waals surface area (Å²) in [5, 5.41) is 5.69. The smallest absolute Gasteiger partial charge is 0.253 e. The lowest BCUT2D eigenvalue weighted by atomic mass is 10.1. The highest BCUT2D eigenvalue weighted by Crippen LogP contribution is 2.26. The summed E-state index contributed by atoms with van der Waals surface area (Å²) in [6.45, 7) is 6.03. The Bertz CT molecular complexity index is 1320. The van der Waals surface area contributed by atoms with Crippen molar-refractivity contribution in [3.8, 4) is 0 Å². The van der Waals surface area contributed by atoms with Gasteiger partial charge in [0.25, 0.3) is 5.91 Å². The number of sulfonamides is 1. The fourth-order valence-corrected chi connectivity index (χ4v) is 5.19. The topological polar surface area (TPSA) is 95.6 Å². The predicted molar refractivity (Wildman–Crippen MR) is 145 cm³/mol. The third-order valence-corrected chi connectivity index (χ3v) is 7.23. The number of benzene rings is 3. The predicted octanol–water partition coefficient (Wildman–Crippen LogP) is 4.46. The highest BCUT2D eigenvalue weighted by Gasteiger charge is 2.32. The van der Waals surface area contributed by atoms with E-state index in [0.29, 0.717) is 29.9 Å². The van der Waals surface area contributed by atoms with Crippen molar-refractivity contribution in [1.29, 1.82) is 0 Å². The Labute approximate surface area is 213 Å². The van der Waals surface area contributed by atoms with E-state index in [0.717, 1.165) is 27.3 Å². The number of carbonyl (C=O) groups excluding carboxylic acids is 2. The van der Waals surface area contributed by atoms with Crippen LogP contribution in [0.5, 0.6) is 0 Å². The second-order valence-electron chi connectivity index (χ2n) is 8.78. The zero-order valence-electron chi connectivity index (χ0n) is 21.1. The van der Waals surface area contributed by atoms with Gasteiger partial charge in [0.05, 0.1) is 23.2 Å². The molecule has 2 amide bonds. The number of hydrogen-bond donors (Lipinski definition) is 2. The van der Waals surface area contributed by atoms with Crippen molar-refractivity contribution in [2.75, 3.05) is 22.4 Å². The molecular weight excluding hydrogens is 474 g/mol. The Balaban J connectivity index is 1.80. The van der Waals surface area contributed by atoms with Crippen molar-refractivity contribution in [3.63, 3.8) is 0 Å². The van der Waals surface area contributed by atoms with E-state index >= 15 is 0 Å². The number of hydrogen-bond acceptors (Lipinski definition) is 4. The Hall–Kier alpha value is -3.65. The van der Waals surface area contributed by atoms with Gasteiger partial charge in [0, 0.05) is 6.54 Å². The molecule has 0 aliphatic heterocycles. The van der Waals surface area contributed by atoms with E-state index in [1.807, 2.05) is 50.2 Å². The van der Waals surface area contributed by atoms with Gasteiger partial charge in [-0.25, -0.2) is 8.42 Å². The molecule has 3 aromatic carbocycles. The molecule has 36 heavy (non-hydrogen) atoms. The van der Waals surface area contributed by atoms with E-state index in [1.165, 1.54) is 0 Å². The molecule has 2 N–H and O–H groups in total. The van der Waals surface area contributed by atoms with Gasteiger partial charge in [-0.1, -0.05) is 55.5 Å². The Morgan fingerprint density at radius 2 is 1.58 bits per heavy atom. The molecule has 0 aliphatic rings. The molecule has 0 spiro atoms. The molecule has 0 bridgehead atoms. The lowest BCUT2D eigenvalue weighted by Crippen LogP contribution is -2.47. The van der Waals surface area contributed by atoms with Gasteiger partial charge in [-0.05, 0) is 67.6 Å². The second kappa shape index (κ2) is 11.9. The van der Waals surface area contributed by atoms with Gasteiger partial charge in [-0.3, -0.25) is 13.9 Å². The maximum atomic E-state index is 13.4. The molecule has 0 saturated heterocycles. The van der Waals surface area contributed by atoms with Crippen LogP contribution in [0.15, 0.2) is 72.8 Å². The minimum absolute atomic E-state index is 0.247. The highest BCUT2D eigenvalue weighted by atomic mass is 32.2. The molecule has 7 nitrogen and oxygen atoms in total. The maximum Gasteiger partial charge on any atom is 0.253 e. The summed E-state index contributed by atoms with van der Waals surface area (Å²) in [5.74, 6) is -0.824. The van der Waals surface area contributed by atoms with Crippen LogP contribution in [0.3, 0.4) is 0 Å². The number of anilines is 2. The van der Waals surface area contributed by atoms with E-state index in [1.54, 1.807) is 43.3 Å². The molecule has 3 aromatic rings. The quantitative estimate of drug-likeness (QED) is 0.424. The first-order valence-electron chi connectivity index (χ1n) is 11.9. The third-order valence-electron chi connectivity index (χ3n) is 6.05. The van der Waals surface area contributed by atoms with Crippen molar-refractivity contribution in [2.24, 2.45) is 0 Å². The molecular formula is C28H33N3O4S. The molecule has 0 heterocycles. The Kier molecular flexibility index (Phi) is 8.88. The van der Waals surface area contributed by atoms with Gasteiger partial charge in [0.2, 0.25) is 15.9 Å².